The Hall–Kier alpha value is -2.77. The zero-order valence-corrected chi connectivity index (χ0v) is 37.2. The summed E-state index contributed by atoms with van der Waals surface area (Å²) in [5.41, 5.74) is 0.329. The van der Waals surface area contributed by atoms with Crippen molar-refractivity contribution in [2.24, 2.45) is 28.6 Å². The Balaban J connectivity index is 1.39. The lowest BCUT2D eigenvalue weighted by Gasteiger charge is -2.49. The highest BCUT2D eigenvalue weighted by Crippen LogP contribution is 2.61. The van der Waals surface area contributed by atoms with E-state index >= 15 is 0 Å². The Morgan fingerprint density at radius 2 is 0.962 bits per heavy atom. The average molecular weight is 747 g/mol. The highest BCUT2D eigenvalue weighted by molar-refractivity contribution is 7.00. The Morgan fingerprint density at radius 1 is 0.585 bits per heavy atom. The lowest BCUT2D eigenvalue weighted by Crippen LogP contribution is -2.68. The third-order valence-electron chi connectivity index (χ3n) is 13.9. The van der Waals surface area contributed by atoms with Gasteiger partial charge in [0.2, 0.25) is 0 Å². The third kappa shape index (κ3) is 7.86. The van der Waals surface area contributed by atoms with E-state index in [4.69, 9.17) is 8.85 Å². The number of rotatable bonds is 14. The molecule has 0 spiro atoms. The predicted octanol–water partition coefficient (Wildman–Crippen LogP) is 11.0. The van der Waals surface area contributed by atoms with Gasteiger partial charge in [-0.15, -0.1) is 0 Å². The van der Waals surface area contributed by atoms with Crippen LogP contribution in [-0.2, 0) is 8.85 Å². The van der Waals surface area contributed by atoms with Crippen molar-refractivity contribution in [2.75, 3.05) is 6.61 Å². The minimum absolute atomic E-state index is 0.0218. The van der Waals surface area contributed by atoms with Crippen molar-refractivity contribution < 1.29 is 8.85 Å². The van der Waals surface area contributed by atoms with Gasteiger partial charge >= 0.3 is 0 Å². The molecule has 5 rings (SSSR count). The second kappa shape index (κ2) is 16.1. The van der Waals surface area contributed by atoms with Gasteiger partial charge in [0, 0.05) is 12.7 Å². The van der Waals surface area contributed by atoms with Crippen LogP contribution in [0.5, 0.6) is 0 Å². The number of benzene rings is 4. The molecule has 4 heteroatoms. The maximum atomic E-state index is 7.77. The van der Waals surface area contributed by atoms with Crippen LogP contribution in [0, 0.1) is 28.6 Å². The molecule has 0 aromatic heterocycles. The van der Waals surface area contributed by atoms with Gasteiger partial charge in [0.25, 0.3) is 16.6 Å². The van der Waals surface area contributed by atoms with E-state index < -0.39 is 16.6 Å². The smallest absolute Gasteiger partial charge is 0.261 e. The van der Waals surface area contributed by atoms with Gasteiger partial charge in [0.05, 0.1) is 0 Å². The molecule has 4 aromatic carbocycles. The summed E-state index contributed by atoms with van der Waals surface area (Å²) >= 11 is 0. The standard InChI is InChI=1S/C49H70O2Si2/c1-38(2)45(51-53(47(7,8)9,43-29-21-15-22-30-43)44-31-23-16-24-32-44)34-33-39(3)49(12)36-35-40(48(49,10)11)37-50-52(46(4,5)6,41-25-17-13-18-26-41)42-27-19-14-20-28-42/h13-32,38-40,45H,33-37H2,1-12H3/t39-,40-,45+,49+/m0/s1. The molecule has 1 aliphatic rings. The molecule has 0 N–H and O–H groups in total. The highest BCUT2D eigenvalue weighted by atomic mass is 28.4. The van der Waals surface area contributed by atoms with E-state index in [0.29, 0.717) is 17.8 Å². The molecule has 0 bridgehead atoms. The van der Waals surface area contributed by atoms with Gasteiger partial charge in [-0.25, -0.2) is 0 Å². The van der Waals surface area contributed by atoms with Crippen molar-refractivity contribution in [3.05, 3.63) is 121 Å². The van der Waals surface area contributed by atoms with Crippen LogP contribution in [0.15, 0.2) is 121 Å². The fourth-order valence-electron chi connectivity index (χ4n) is 9.96. The predicted molar refractivity (Wildman–Crippen MR) is 234 cm³/mol. The zero-order valence-electron chi connectivity index (χ0n) is 35.2. The van der Waals surface area contributed by atoms with Crippen LogP contribution >= 0.6 is 0 Å². The third-order valence-corrected chi connectivity index (χ3v) is 23.9. The normalized spacial score (nSPS) is 20.7. The van der Waals surface area contributed by atoms with E-state index in [9.17, 15) is 0 Å². The molecule has 0 heterocycles. The van der Waals surface area contributed by atoms with Gasteiger partial charge in [-0.1, -0.05) is 204 Å². The molecule has 1 aliphatic carbocycles. The first-order valence-corrected chi connectivity index (χ1v) is 24.3. The summed E-state index contributed by atoms with van der Waals surface area (Å²) in [6, 6.07) is 44.6. The van der Waals surface area contributed by atoms with Gasteiger partial charge in [0.1, 0.15) is 0 Å². The molecule has 53 heavy (non-hydrogen) atoms. The Labute approximate surface area is 326 Å². The second-order valence-electron chi connectivity index (χ2n) is 19.4. The zero-order chi connectivity index (χ0) is 38.7. The van der Waals surface area contributed by atoms with Crippen LogP contribution in [0.1, 0.15) is 109 Å². The molecule has 0 amide bonds. The Morgan fingerprint density at radius 3 is 1.32 bits per heavy atom. The van der Waals surface area contributed by atoms with Crippen molar-refractivity contribution in [1.82, 2.24) is 0 Å². The first-order valence-electron chi connectivity index (χ1n) is 20.5. The Kier molecular flexibility index (Phi) is 12.6. The van der Waals surface area contributed by atoms with Crippen LogP contribution in [0.2, 0.25) is 10.1 Å². The maximum absolute atomic E-state index is 7.77. The fourth-order valence-corrected chi connectivity index (χ4v) is 19.4. The van der Waals surface area contributed by atoms with E-state index in [-0.39, 0.29) is 27.0 Å². The second-order valence-corrected chi connectivity index (χ2v) is 27.9. The Bertz CT molecular complexity index is 1630. The van der Waals surface area contributed by atoms with Gasteiger partial charge in [-0.3, -0.25) is 0 Å². The van der Waals surface area contributed by atoms with Crippen molar-refractivity contribution >= 4 is 37.4 Å². The van der Waals surface area contributed by atoms with Crippen LogP contribution in [-0.4, -0.2) is 29.3 Å². The molecule has 1 fully saturated rings. The lowest BCUT2D eigenvalue weighted by atomic mass is 9.59. The average Bonchev–Trinajstić information content (AvgIpc) is 3.36. The topological polar surface area (TPSA) is 18.5 Å². The molecule has 0 radical (unpaired) electrons. The molecular formula is C49H70O2Si2. The van der Waals surface area contributed by atoms with E-state index in [1.54, 1.807) is 0 Å². The number of hydrogen-bond donors (Lipinski definition) is 0. The summed E-state index contributed by atoms with van der Waals surface area (Å²) in [5, 5.41) is 5.41. The van der Waals surface area contributed by atoms with E-state index in [1.807, 2.05) is 0 Å². The number of hydrogen-bond acceptors (Lipinski definition) is 2. The van der Waals surface area contributed by atoms with Crippen molar-refractivity contribution in [1.29, 1.82) is 0 Å². The molecule has 1 saturated carbocycles. The lowest BCUT2D eigenvalue weighted by molar-refractivity contribution is 0.00718. The molecule has 286 valence electrons. The van der Waals surface area contributed by atoms with Crippen LogP contribution in [0.25, 0.3) is 0 Å². The molecule has 0 aliphatic heterocycles. The van der Waals surface area contributed by atoms with Gasteiger partial charge < -0.3 is 8.85 Å². The van der Waals surface area contributed by atoms with Crippen LogP contribution < -0.4 is 20.7 Å². The summed E-state index contributed by atoms with van der Waals surface area (Å²) in [6.45, 7) is 30.1. The summed E-state index contributed by atoms with van der Waals surface area (Å²) in [5.74, 6) is 1.46. The first-order chi connectivity index (χ1) is 24.9. The van der Waals surface area contributed by atoms with E-state index in [0.717, 1.165) is 19.4 Å². The largest absolute Gasteiger partial charge is 0.407 e. The quantitative estimate of drug-likeness (QED) is 0.120. The molecule has 4 atom stereocenters. The minimum Gasteiger partial charge on any atom is -0.407 e. The van der Waals surface area contributed by atoms with Gasteiger partial charge in [-0.05, 0) is 85.1 Å². The first kappa shape index (κ1) is 41.4. The van der Waals surface area contributed by atoms with Crippen molar-refractivity contribution in [3.8, 4) is 0 Å². The molecule has 2 nitrogen and oxygen atoms in total. The minimum atomic E-state index is -2.65. The van der Waals surface area contributed by atoms with Crippen LogP contribution in [0.3, 0.4) is 0 Å². The summed E-state index contributed by atoms with van der Waals surface area (Å²) in [7, 11) is -5.25. The summed E-state index contributed by atoms with van der Waals surface area (Å²) in [6.07, 6.45) is 4.84. The van der Waals surface area contributed by atoms with Gasteiger partial charge in [0.15, 0.2) is 0 Å². The highest BCUT2D eigenvalue weighted by Gasteiger charge is 2.57. The van der Waals surface area contributed by atoms with Crippen LogP contribution in [0.4, 0.5) is 0 Å². The molecule has 4 aromatic rings. The van der Waals surface area contributed by atoms with E-state index in [1.165, 1.54) is 33.6 Å². The SMILES string of the molecule is CC(C)[C@@H](CC[C@H](C)[C@@]1(C)CC[C@@H](CO[Si](c2ccccc2)(c2ccccc2)C(C)(C)C)C1(C)C)O[Si](c1ccccc1)(c1ccccc1)C(C)(C)C. The summed E-state index contributed by atoms with van der Waals surface area (Å²) < 4.78 is 15.4. The van der Waals surface area contributed by atoms with Crippen molar-refractivity contribution in [3.63, 3.8) is 0 Å². The fraction of sp³-hybridized carbons (Fsp3) is 0.510. The molecule has 0 saturated heterocycles. The molecule has 0 unspecified atom stereocenters. The maximum Gasteiger partial charge on any atom is 0.261 e. The molecular weight excluding hydrogens is 677 g/mol. The monoisotopic (exact) mass is 746 g/mol. The van der Waals surface area contributed by atoms with Crippen molar-refractivity contribution in [2.45, 2.75) is 125 Å². The van der Waals surface area contributed by atoms with Gasteiger partial charge in [-0.2, -0.15) is 0 Å². The summed E-state index contributed by atoms with van der Waals surface area (Å²) in [4.78, 5) is 0. The van der Waals surface area contributed by atoms with E-state index in [2.05, 4.69) is 204 Å².